The van der Waals surface area contributed by atoms with Crippen LogP contribution in [-0.4, -0.2) is 17.1 Å². The molecule has 0 spiro atoms. The number of aromatic nitrogens is 2. The number of methoxy groups -OCH3 is 1. The van der Waals surface area contributed by atoms with E-state index in [2.05, 4.69) is 9.97 Å². The monoisotopic (exact) mass is 234 g/mol. The Morgan fingerprint density at radius 3 is 2.88 bits per heavy atom. The van der Waals surface area contributed by atoms with E-state index < -0.39 is 5.82 Å². The summed E-state index contributed by atoms with van der Waals surface area (Å²) in [6.45, 7) is 1.60. The van der Waals surface area contributed by atoms with Crippen LogP contribution >= 0.6 is 0 Å². The number of hydrogen-bond donors (Lipinski definition) is 1. The largest absolute Gasteiger partial charge is 0.494 e. The third kappa shape index (κ3) is 1.91. The molecule has 0 amide bonds. The first-order valence-electron chi connectivity index (χ1n) is 5.02. The van der Waals surface area contributed by atoms with Crippen molar-refractivity contribution in [3.8, 4) is 17.0 Å². The molecule has 1 aromatic heterocycles. The van der Waals surface area contributed by atoms with Crippen LogP contribution in [0.15, 0.2) is 29.3 Å². The van der Waals surface area contributed by atoms with Gasteiger partial charge >= 0.3 is 0 Å². The minimum atomic E-state index is -0.517. The molecular weight excluding hydrogens is 223 g/mol. The Morgan fingerprint density at radius 2 is 2.18 bits per heavy atom. The topological polar surface area (TPSA) is 55.0 Å². The van der Waals surface area contributed by atoms with Crippen LogP contribution < -0.4 is 10.3 Å². The van der Waals surface area contributed by atoms with Crippen LogP contribution in [0.1, 0.15) is 5.56 Å². The number of nitrogens with zero attached hydrogens (tertiary/aromatic N) is 1. The molecule has 0 unspecified atom stereocenters. The van der Waals surface area contributed by atoms with Crippen molar-refractivity contribution >= 4 is 0 Å². The van der Waals surface area contributed by atoms with Gasteiger partial charge in [0.25, 0.3) is 5.56 Å². The zero-order valence-corrected chi connectivity index (χ0v) is 9.45. The molecule has 0 atom stereocenters. The molecule has 5 heteroatoms. The minimum Gasteiger partial charge on any atom is -0.494 e. The Morgan fingerprint density at radius 1 is 1.41 bits per heavy atom. The zero-order valence-electron chi connectivity index (χ0n) is 9.45. The number of H-pyrrole nitrogens is 1. The molecule has 0 saturated carbocycles. The summed E-state index contributed by atoms with van der Waals surface area (Å²) >= 11 is 0. The van der Waals surface area contributed by atoms with E-state index in [4.69, 9.17) is 4.74 Å². The molecule has 4 nitrogen and oxygen atoms in total. The molecule has 0 saturated heterocycles. The van der Waals surface area contributed by atoms with Crippen molar-refractivity contribution in [3.05, 3.63) is 46.3 Å². The lowest BCUT2D eigenvalue weighted by Crippen LogP contribution is -2.11. The normalized spacial score (nSPS) is 10.3. The molecule has 0 bridgehead atoms. The number of rotatable bonds is 2. The molecule has 1 heterocycles. The van der Waals surface area contributed by atoms with Gasteiger partial charge < -0.3 is 9.72 Å². The van der Waals surface area contributed by atoms with E-state index in [1.807, 2.05) is 0 Å². The van der Waals surface area contributed by atoms with Crippen molar-refractivity contribution in [1.29, 1.82) is 0 Å². The highest BCUT2D eigenvalue weighted by Crippen LogP contribution is 2.28. The van der Waals surface area contributed by atoms with Crippen molar-refractivity contribution in [2.45, 2.75) is 6.92 Å². The van der Waals surface area contributed by atoms with Gasteiger partial charge in [-0.1, -0.05) is 6.07 Å². The highest BCUT2D eigenvalue weighted by atomic mass is 19.1. The number of nitrogens with one attached hydrogen (secondary N) is 1. The Balaban J connectivity index is 2.69. The third-order valence-electron chi connectivity index (χ3n) is 2.52. The van der Waals surface area contributed by atoms with Crippen LogP contribution in [0.25, 0.3) is 11.3 Å². The summed E-state index contributed by atoms with van der Waals surface area (Å²) in [6, 6.07) is 4.73. The minimum absolute atomic E-state index is 0.129. The highest BCUT2D eigenvalue weighted by Gasteiger charge is 2.14. The lowest BCUT2D eigenvalue weighted by Gasteiger charge is -2.08. The van der Waals surface area contributed by atoms with E-state index in [-0.39, 0.29) is 16.9 Å². The summed E-state index contributed by atoms with van der Waals surface area (Å²) in [7, 11) is 1.39. The molecule has 88 valence electrons. The van der Waals surface area contributed by atoms with E-state index in [0.717, 1.165) is 0 Å². The van der Waals surface area contributed by atoms with Crippen LogP contribution in [0.5, 0.6) is 5.75 Å². The summed E-state index contributed by atoms with van der Waals surface area (Å²) in [5, 5.41) is 0. The SMILES string of the molecule is COc1cccc(-c2nc[nH]c(=O)c2C)c1F. The summed E-state index contributed by atoms with van der Waals surface area (Å²) < 4.78 is 18.9. The maximum absolute atomic E-state index is 14.0. The number of hydrogen-bond acceptors (Lipinski definition) is 3. The van der Waals surface area contributed by atoms with Gasteiger partial charge in [-0.3, -0.25) is 4.79 Å². The summed E-state index contributed by atoms with van der Waals surface area (Å²) in [5.74, 6) is -0.389. The van der Waals surface area contributed by atoms with Crippen molar-refractivity contribution in [2.24, 2.45) is 0 Å². The fourth-order valence-electron chi connectivity index (χ4n) is 1.59. The lowest BCUT2D eigenvalue weighted by atomic mass is 10.1. The van der Waals surface area contributed by atoms with E-state index in [1.54, 1.807) is 19.1 Å². The second-order valence-corrected chi connectivity index (χ2v) is 3.53. The predicted molar refractivity (Wildman–Crippen MR) is 61.5 cm³/mol. The standard InChI is InChI=1S/C12H11FN2O2/c1-7-11(14-6-15-12(7)16)8-4-3-5-9(17-2)10(8)13/h3-6H,1-2H3,(H,14,15,16). The average molecular weight is 234 g/mol. The Bertz CT molecular complexity index is 608. The summed E-state index contributed by atoms with van der Waals surface area (Å²) in [6.07, 6.45) is 1.25. The second-order valence-electron chi connectivity index (χ2n) is 3.53. The van der Waals surface area contributed by atoms with Crippen molar-refractivity contribution in [1.82, 2.24) is 9.97 Å². The smallest absolute Gasteiger partial charge is 0.254 e. The van der Waals surface area contributed by atoms with Gasteiger partial charge in [-0.05, 0) is 19.1 Å². The average Bonchev–Trinajstić information content (AvgIpc) is 2.33. The van der Waals surface area contributed by atoms with Gasteiger partial charge in [-0.25, -0.2) is 9.37 Å². The molecule has 0 aliphatic heterocycles. The molecule has 17 heavy (non-hydrogen) atoms. The van der Waals surface area contributed by atoms with Crippen LogP contribution in [-0.2, 0) is 0 Å². The Kier molecular flexibility index (Phi) is 2.91. The lowest BCUT2D eigenvalue weighted by molar-refractivity contribution is 0.387. The number of halogens is 1. The molecule has 0 fully saturated rings. The summed E-state index contributed by atoms with van der Waals surface area (Å²) in [4.78, 5) is 17.9. The predicted octanol–water partition coefficient (Wildman–Crippen LogP) is 1.89. The third-order valence-corrected chi connectivity index (χ3v) is 2.52. The van der Waals surface area contributed by atoms with Crippen LogP contribution in [0.4, 0.5) is 4.39 Å². The first-order valence-corrected chi connectivity index (χ1v) is 5.02. The zero-order chi connectivity index (χ0) is 12.4. The van der Waals surface area contributed by atoms with Crippen molar-refractivity contribution in [3.63, 3.8) is 0 Å². The van der Waals surface area contributed by atoms with Gasteiger partial charge in [0.05, 0.1) is 19.1 Å². The maximum Gasteiger partial charge on any atom is 0.254 e. The first kappa shape index (κ1) is 11.3. The van der Waals surface area contributed by atoms with E-state index >= 15 is 0 Å². The Labute approximate surface area is 97.1 Å². The van der Waals surface area contributed by atoms with Gasteiger partial charge in [0, 0.05) is 11.1 Å². The van der Waals surface area contributed by atoms with Gasteiger partial charge in [-0.15, -0.1) is 0 Å². The molecule has 0 aliphatic carbocycles. The number of aromatic amines is 1. The van der Waals surface area contributed by atoms with Crippen molar-refractivity contribution in [2.75, 3.05) is 7.11 Å². The van der Waals surface area contributed by atoms with E-state index in [1.165, 1.54) is 19.5 Å². The molecule has 0 radical (unpaired) electrons. The molecule has 0 aliphatic rings. The van der Waals surface area contributed by atoms with Crippen LogP contribution in [0.2, 0.25) is 0 Å². The van der Waals surface area contributed by atoms with Gasteiger partial charge in [0.15, 0.2) is 11.6 Å². The molecule has 1 N–H and O–H groups in total. The molecule has 2 rings (SSSR count). The fourth-order valence-corrected chi connectivity index (χ4v) is 1.59. The van der Waals surface area contributed by atoms with Gasteiger partial charge in [0.1, 0.15) is 0 Å². The second kappa shape index (κ2) is 4.37. The van der Waals surface area contributed by atoms with Crippen molar-refractivity contribution < 1.29 is 9.13 Å². The van der Waals surface area contributed by atoms with Gasteiger partial charge in [-0.2, -0.15) is 0 Å². The molecule has 1 aromatic carbocycles. The Hall–Kier alpha value is -2.17. The van der Waals surface area contributed by atoms with Crippen LogP contribution in [0, 0.1) is 12.7 Å². The number of ether oxygens (including phenoxy) is 1. The highest BCUT2D eigenvalue weighted by molar-refractivity contribution is 5.64. The first-order chi connectivity index (χ1) is 8.15. The van der Waals surface area contributed by atoms with E-state index in [0.29, 0.717) is 11.3 Å². The van der Waals surface area contributed by atoms with Crippen LogP contribution in [0.3, 0.4) is 0 Å². The fraction of sp³-hybridized carbons (Fsp3) is 0.167. The van der Waals surface area contributed by atoms with Gasteiger partial charge in [0.2, 0.25) is 0 Å². The summed E-state index contributed by atoms with van der Waals surface area (Å²) in [5.41, 5.74) is 0.676. The van der Waals surface area contributed by atoms with E-state index in [9.17, 15) is 9.18 Å². The molecular formula is C12H11FN2O2. The number of benzene rings is 1. The quantitative estimate of drug-likeness (QED) is 0.863. The molecule has 2 aromatic rings. The maximum atomic E-state index is 14.0.